The molecule has 0 saturated heterocycles. The molecule has 1 aromatic carbocycles. The number of Topliss-reactive ketones (excluding diaryl/α,β-unsaturated/α-hetero) is 1. The van der Waals surface area contributed by atoms with Crippen LogP contribution in [0.5, 0.6) is 0 Å². The fourth-order valence-corrected chi connectivity index (χ4v) is 4.16. The molecule has 1 unspecified atom stereocenters. The van der Waals surface area contributed by atoms with Gasteiger partial charge in [-0.3, -0.25) is 28.5 Å². The minimum atomic E-state index is -5.19. The van der Waals surface area contributed by atoms with Gasteiger partial charge < -0.3 is 10.1 Å². The van der Waals surface area contributed by atoms with E-state index in [1.807, 2.05) is 10.0 Å². The summed E-state index contributed by atoms with van der Waals surface area (Å²) in [7, 11) is -3.38. The van der Waals surface area contributed by atoms with Crippen LogP contribution in [0.4, 0.5) is 18.9 Å². The van der Waals surface area contributed by atoms with Crippen molar-refractivity contribution in [3.05, 3.63) is 52.8 Å². The summed E-state index contributed by atoms with van der Waals surface area (Å²) in [5.74, 6) is -6.31. The maximum atomic E-state index is 13.1. The molecule has 196 valence electrons. The number of hydrogen-bond acceptors (Lipinski definition) is 7. The number of rotatable bonds is 10. The first-order valence-corrected chi connectivity index (χ1v) is 12.1. The Hall–Kier alpha value is -3.68. The number of ketones is 1. The van der Waals surface area contributed by atoms with Gasteiger partial charge in [0, 0.05) is 0 Å². The Labute approximate surface area is 204 Å². The van der Waals surface area contributed by atoms with Crippen molar-refractivity contribution in [1.29, 1.82) is 0 Å². The van der Waals surface area contributed by atoms with Crippen LogP contribution in [0, 0.1) is 5.92 Å². The molecule has 1 aromatic heterocycles. The molecular weight excluding hydrogens is 507 g/mol. The van der Waals surface area contributed by atoms with Crippen LogP contribution in [0.2, 0.25) is 0 Å². The summed E-state index contributed by atoms with van der Waals surface area (Å²) in [5.41, 5.74) is -0.936. The molecule has 2 N–H and O–H groups in total. The van der Waals surface area contributed by atoms with Crippen LogP contribution in [0.25, 0.3) is 11.3 Å². The topological polar surface area (TPSA) is 141 Å². The second-order valence-electron chi connectivity index (χ2n) is 7.98. The number of ether oxygens (including phenoxy) is 1. The SMILES string of the molecule is COC(=O)CS(=O)(=O)Nc1ccc(-c2ccccc2)n(CC(=O)NC(C(=O)C(F)(F)F)C(C)C)c1=O. The average Bonchev–Trinajstić information content (AvgIpc) is 2.79. The van der Waals surface area contributed by atoms with E-state index in [9.17, 15) is 40.8 Å². The molecule has 0 bridgehead atoms. The van der Waals surface area contributed by atoms with Crippen LogP contribution in [-0.4, -0.2) is 55.7 Å². The molecule has 0 aliphatic carbocycles. The van der Waals surface area contributed by atoms with E-state index in [1.165, 1.54) is 19.9 Å². The highest BCUT2D eigenvalue weighted by molar-refractivity contribution is 7.93. The summed E-state index contributed by atoms with van der Waals surface area (Å²) < 4.78 is 70.4. The van der Waals surface area contributed by atoms with Crippen LogP contribution < -0.4 is 15.6 Å². The number of sulfonamides is 1. The van der Waals surface area contributed by atoms with Crippen molar-refractivity contribution < 1.29 is 40.7 Å². The molecule has 0 fully saturated rings. The number of carbonyl (C=O) groups is 3. The van der Waals surface area contributed by atoms with Crippen LogP contribution in [0.3, 0.4) is 0 Å². The van der Waals surface area contributed by atoms with Crippen molar-refractivity contribution in [2.24, 2.45) is 5.92 Å². The quantitative estimate of drug-likeness (QED) is 0.445. The number of carbonyl (C=O) groups excluding carboxylic acids is 3. The lowest BCUT2D eigenvalue weighted by atomic mass is 9.99. The van der Waals surface area contributed by atoms with Crippen molar-refractivity contribution in [3.63, 3.8) is 0 Å². The van der Waals surface area contributed by atoms with Gasteiger partial charge in [0.1, 0.15) is 12.2 Å². The molecule has 1 heterocycles. The predicted molar refractivity (Wildman–Crippen MR) is 123 cm³/mol. The lowest BCUT2D eigenvalue weighted by molar-refractivity contribution is -0.174. The van der Waals surface area contributed by atoms with Gasteiger partial charge in [-0.1, -0.05) is 44.2 Å². The number of hydrogen-bond donors (Lipinski definition) is 2. The van der Waals surface area contributed by atoms with E-state index in [4.69, 9.17) is 0 Å². The van der Waals surface area contributed by atoms with E-state index < -0.39 is 69.4 Å². The maximum absolute atomic E-state index is 13.1. The Morgan fingerprint density at radius 3 is 2.19 bits per heavy atom. The zero-order valence-electron chi connectivity index (χ0n) is 19.5. The Morgan fingerprint density at radius 2 is 1.67 bits per heavy atom. The summed E-state index contributed by atoms with van der Waals surface area (Å²) in [6.07, 6.45) is -5.19. The maximum Gasteiger partial charge on any atom is 0.452 e. The van der Waals surface area contributed by atoms with Crippen LogP contribution in [-0.2, 0) is 35.7 Å². The van der Waals surface area contributed by atoms with Gasteiger partial charge in [0.25, 0.3) is 11.3 Å². The minimum absolute atomic E-state index is 0.148. The number of halogens is 3. The largest absolute Gasteiger partial charge is 0.468 e. The third-order valence-corrected chi connectivity index (χ3v) is 6.04. The van der Waals surface area contributed by atoms with Gasteiger partial charge in [-0.25, -0.2) is 8.42 Å². The monoisotopic (exact) mass is 531 g/mol. The molecule has 2 rings (SSSR count). The number of nitrogens with one attached hydrogen (secondary N) is 2. The number of pyridine rings is 1. The summed E-state index contributed by atoms with van der Waals surface area (Å²) >= 11 is 0. The first-order valence-electron chi connectivity index (χ1n) is 10.4. The second kappa shape index (κ2) is 11.4. The Balaban J connectivity index is 2.48. The number of benzene rings is 1. The molecule has 2 aromatic rings. The first-order chi connectivity index (χ1) is 16.7. The number of alkyl halides is 3. The van der Waals surface area contributed by atoms with Gasteiger partial charge in [0.2, 0.25) is 15.9 Å². The van der Waals surface area contributed by atoms with E-state index in [2.05, 4.69) is 4.74 Å². The smallest absolute Gasteiger partial charge is 0.452 e. The molecule has 1 amide bonds. The molecule has 0 radical (unpaired) electrons. The van der Waals surface area contributed by atoms with E-state index in [-0.39, 0.29) is 5.69 Å². The number of methoxy groups -OCH3 is 1. The van der Waals surface area contributed by atoms with Crippen molar-refractivity contribution >= 4 is 33.4 Å². The lowest BCUT2D eigenvalue weighted by Crippen LogP contribution is -2.50. The molecule has 0 aliphatic heterocycles. The highest BCUT2D eigenvalue weighted by Crippen LogP contribution is 2.22. The van der Waals surface area contributed by atoms with E-state index in [0.717, 1.165) is 17.7 Å². The average molecular weight is 532 g/mol. The molecule has 0 saturated carbocycles. The van der Waals surface area contributed by atoms with Crippen molar-refractivity contribution in [2.45, 2.75) is 32.6 Å². The normalized spacial score (nSPS) is 12.6. The minimum Gasteiger partial charge on any atom is -0.468 e. The zero-order valence-corrected chi connectivity index (χ0v) is 20.3. The second-order valence-corrected chi connectivity index (χ2v) is 9.70. The lowest BCUT2D eigenvalue weighted by Gasteiger charge is -2.23. The van der Waals surface area contributed by atoms with Crippen LogP contribution >= 0.6 is 0 Å². The molecule has 0 aliphatic rings. The number of esters is 1. The molecule has 0 spiro atoms. The molecule has 14 heteroatoms. The zero-order chi connectivity index (χ0) is 27.3. The Morgan fingerprint density at radius 1 is 1.06 bits per heavy atom. The third kappa shape index (κ3) is 7.41. The number of nitrogens with zero attached hydrogens (tertiary/aromatic N) is 1. The van der Waals surface area contributed by atoms with Crippen molar-refractivity contribution in [3.8, 4) is 11.3 Å². The van der Waals surface area contributed by atoms with E-state index >= 15 is 0 Å². The van der Waals surface area contributed by atoms with Gasteiger partial charge in [0.15, 0.2) is 5.75 Å². The fraction of sp³-hybridized carbons (Fsp3) is 0.364. The van der Waals surface area contributed by atoms with Crippen molar-refractivity contribution in [2.75, 3.05) is 17.6 Å². The molecule has 36 heavy (non-hydrogen) atoms. The van der Waals surface area contributed by atoms with E-state index in [0.29, 0.717) is 5.56 Å². The highest BCUT2D eigenvalue weighted by atomic mass is 32.2. The van der Waals surface area contributed by atoms with Crippen LogP contribution in [0.1, 0.15) is 13.8 Å². The summed E-state index contributed by atoms with van der Waals surface area (Å²) in [6.45, 7) is 1.80. The van der Waals surface area contributed by atoms with Gasteiger partial charge in [-0.05, 0) is 23.6 Å². The first kappa shape index (κ1) is 28.6. The van der Waals surface area contributed by atoms with Gasteiger partial charge in [-0.2, -0.15) is 13.2 Å². The number of amides is 1. The third-order valence-electron chi connectivity index (χ3n) is 4.89. The van der Waals surface area contributed by atoms with Gasteiger partial charge >= 0.3 is 12.1 Å². The molecule has 1 atom stereocenters. The molecular formula is C22H24F3N3O7S. The number of aromatic nitrogens is 1. The summed E-state index contributed by atoms with van der Waals surface area (Å²) in [6, 6.07) is 8.68. The standard InChI is InChI=1S/C22H24F3N3O7S/c1-13(2)19(20(31)22(23,24)25)26-17(29)11-28-16(14-7-5-4-6-8-14)10-9-15(21(28)32)27-36(33,34)12-18(30)35-3/h4-10,13,19,27H,11-12H2,1-3H3,(H,26,29). The summed E-state index contributed by atoms with van der Waals surface area (Å²) in [5, 5.41) is 2.01. The van der Waals surface area contributed by atoms with Gasteiger partial charge in [-0.15, -0.1) is 0 Å². The van der Waals surface area contributed by atoms with Gasteiger partial charge in [0.05, 0.1) is 18.8 Å². The molecule has 10 nitrogen and oxygen atoms in total. The summed E-state index contributed by atoms with van der Waals surface area (Å²) in [4.78, 5) is 48.9. The van der Waals surface area contributed by atoms with Crippen molar-refractivity contribution in [1.82, 2.24) is 9.88 Å². The Bertz CT molecular complexity index is 1290. The number of anilines is 1. The van der Waals surface area contributed by atoms with Crippen LogP contribution in [0.15, 0.2) is 47.3 Å². The highest BCUT2D eigenvalue weighted by Gasteiger charge is 2.45. The van der Waals surface area contributed by atoms with E-state index in [1.54, 1.807) is 30.3 Å². The fourth-order valence-electron chi connectivity index (χ4n) is 3.17. The predicted octanol–water partition coefficient (Wildman–Crippen LogP) is 1.70. The Kier molecular flexibility index (Phi) is 9.02.